The van der Waals surface area contributed by atoms with Crippen molar-refractivity contribution < 1.29 is 14.2 Å². The van der Waals surface area contributed by atoms with E-state index >= 15 is 0 Å². The van der Waals surface area contributed by atoms with Crippen molar-refractivity contribution in [3.8, 4) is 5.75 Å². The van der Waals surface area contributed by atoms with Gasteiger partial charge in [0.1, 0.15) is 11.9 Å². The van der Waals surface area contributed by atoms with E-state index in [4.69, 9.17) is 4.74 Å². The minimum atomic E-state index is -1.03. The van der Waals surface area contributed by atoms with Gasteiger partial charge in [-0.15, -0.1) is 0 Å². The molecule has 1 saturated carbocycles. The van der Waals surface area contributed by atoms with Gasteiger partial charge in [-0.25, -0.2) is 4.39 Å². The molecule has 0 saturated heterocycles. The van der Waals surface area contributed by atoms with E-state index in [0.29, 0.717) is 17.7 Å². The summed E-state index contributed by atoms with van der Waals surface area (Å²) in [5.41, 5.74) is 0.804. The third kappa shape index (κ3) is 2.19. The Morgan fingerprint density at radius 2 is 2.19 bits per heavy atom. The van der Waals surface area contributed by atoms with Gasteiger partial charge < -0.3 is 9.84 Å². The predicted octanol–water partition coefficient (Wildman–Crippen LogP) is 2.79. The number of hydrogen-bond donors (Lipinski definition) is 1. The first-order valence-electron chi connectivity index (χ1n) is 5.58. The molecule has 88 valence electrons. The molecule has 0 aromatic heterocycles. The second-order valence-corrected chi connectivity index (χ2v) is 4.55. The molecule has 1 aromatic carbocycles. The highest BCUT2D eigenvalue weighted by Gasteiger charge is 2.41. The summed E-state index contributed by atoms with van der Waals surface area (Å²) in [5, 5.41) is 9.93. The summed E-state index contributed by atoms with van der Waals surface area (Å²) in [4.78, 5) is 0. The van der Waals surface area contributed by atoms with Crippen LogP contribution in [0.3, 0.4) is 0 Å². The SMILES string of the molecule is COc1cccc(C(C)F)c1CC1(O)CC1. The van der Waals surface area contributed by atoms with Crippen LogP contribution in [0.1, 0.15) is 37.1 Å². The zero-order valence-corrected chi connectivity index (χ0v) is 9.66. The number of aliphatic hydroxyl groups is 1. The standard InChI is InChI=1S/C13H17FO2/c1-9(14)10-4-3-5-12(16-2)11(10)8-13(15)6-7-13/h3-5,9,15H,6-8H2,1-2H3. The van der Waals surface area contributed by atoms with Crippen molar-refractivity contribution in [2.24, 2.45) is 0 Å². The van der Waals surface area contributed by atoms with Crippen molar-refractivity contribution in [1.29, 1.82) is 0 Å². The van der Waals surface area contributed by atoms with Crippen LogP contribution < -0.4 is 4.74 Å². The van der Waals surface area contributed by atoms with Crippen LogP contribution in [0.2, 0.25) is 0 Å². The van der Waals surface area contributed by atoms with Gasteiger partial charge in [-0.1, -0.05) is 12.1 Å². The summed E-state index contributed by atoms with van der Waals surface area (Å²) >= 11 is 0. The molecular weight excluding hydrogens is 207 g/mol. The second-order valence-electron chi connectivity index (χ2n) is 4.55. The molecule has 1 aromatic rings. The summed E-state index contributed by atoms with van der Waals surface area (Å²) in [5.74, 6) is 0.669. The molecule has 1 N–H and O–H groups in total. The third-order valence-electron chi connectivity index (χ3n) is 3.15. The van der Waals surface area contributed by atoms with Crippen LogP contribution in [-0.2, 0) is 6.42 Å². The quantitative estimate of drug-likeness (QED) is 0.852. The number of alkyl halides is 1. The van der Waals surface area contributed by atoms with Crippen LogP contribution in [0.25, 0.3) is 0 Å². The van der Waals surface area contributed by atoms with Crippen molar-refractivity contribution in [2.45, 2.75) is 38.0 Å². The number of benzene rings is 1. The molecule has 0 heterocycles. The van der Waals surface area contributed by atoms with Crippen LogP contribution in [0.4, 0.5) is 4.39 Å². The molecule has 3 heteroatoms. The van der Waals surface area contributed by atoms with Crippen molar-refractivity contribution in [3.05, 3.63) is 29.3 Å². The molecule has 0 bridgehead atoms. The molecule has 2 nitrogen and oxygen atoms in total. The first-order chi connectivity index (χ1) is 7.56. The van der Waals surface area contributed by atoms with Crippen molar-refractivity contribution in [3.63, 3.8) is 0 Å². The van der Waals surface area contributed by atoms with Crippen molar-refractivity contribution >= 4 is 0 Å². The van der Waals surface area contributed by atoms with Crippen LogP contribution in [-0.4, -0.2) is 17.8 Å². The first kappa shape index (κ1) is 11.4. The Morgan fingerprint density at radius 1 is 1.50 bits per heavy atom. The molecule has 1 unspecified atom stereocenters. The summed E-state index contributed by atoms with van der Waals surface area (Å²) < 4.78 is 18.7. The van der Waals surface area contributed by atoms with Gasteiger partial charge in [0.2, 0.25) is 0 Å². The highest BCUT2D eigenvalue weighted by atomic mass is 19.1. The van der Waals surface area contributed by atoms with E-state index in [2.05, 4.69) is 0 Å². The topological polar surface area (TPSA) is 29.5 Å². The normalized spacial score (nSPS) is 19.2. The van der Waals surface area contributed by atoms with Crippen molar-refractivity contribution in [2.75, 3.05) is 7.11 Å². The Morgan fingerprint density at radius 3 is 2.69 bits per heavy atom. The maximum atomic E-state index is 13.5. The molecule has 1 fully saturated rings. The molecule has 1 aliphatic rings. The second kappa shape index (κ2) is 4.06. The molecule has 0 amide bonds. The summed E-state index contributed by atoms with van der Waals surface area (Å²) in [6.45, 7) is 1.51. The van der Waals surface area contributed by atoms with Crippen molar-refractivity contribution in [1.82, 2.24) is 0 Å². The average Bonchev–Trinajstić information content (AvgIpc) is 2.96. The van der Waals surface area contributed by atoms with Crippen LogP contribution in [0.5, 0.6) is 5.75 Å². The number of methoxy groups -OCH3 is 1. The molecule has 0 spiro atoms. The number of ether oxygens (including phenoxy) is 1. The number of rotatable bonds is 4. The van der Waals surface area contributed by atoms with Gasteiger partial charge in [0.15, 0.2) is 0 Å². The monoisotopic (exact) mass is 224 g/mol. The lowest BCUT2D eigenvalue weighted by Gasteiger charge is -2.17. The number of halogens is 1. The summed E-state index contributed by atoms with van der Waals surface area (Å²) in [6.07, 6.45) is 1.05. The van der Waals surface area contributed by atoms with Gasteiger partial charge in [0.25, 0.3) is 0 Å². The molecule has 16 heavy (non-hydrogen) atoms. The molecule has 1 aliphatic carbocycles. The van der Waals surface area contributed by atoms with E-state index in [0.717, 1.165) is 18.4 Å². The maximum Gasteiger partial charge on any atom is 0.123 e. The lowest BCUT2D eigenvalue weighted by Crippen LogP contribution is -2.13. The fourth-order valence-corrected chi connectivity index (χ4v) is 1.99. The van der Waals surface area contributed by atoms with Crippen LogP contribution in [0.15, 0.2) is 18.2 Å². The van der Waals surface area contributed by atoms with E-state index < -0.39 is 11.8 Å². The Hall–Kier alpha value is -1.09. The Balaban J connectivity index is 2.37. The smallest absolute Gasteiger partial charge is 0.123 e. The Bertz CT molecular complexity index is 384. The average molecular weight is 224 g/mol. The predicted molar refractivity (Wildman–Crippen MR) is 60.4 cm³/mol. The first-order valence-corrected chi connectivity index (χ1v) is 5.58. The number of hydrogen-bond acceptors (Lipinski definition) is 2. The minimum absolute atomic E-state index is 0.487. The fraction of sp³-hybridized carbons (Fsp3) is 0.538. The van der Waals surface area contributed by atoms with Gasteiger partial charge in [-0.2, -0.15) is 0 Å². The van der Waals surface area contributed by atoms with E-state index in [-0.39, 0.29) is 0 Å². The van der Waals surface area contributed by atoms with Crippen LogP contribution >= 0.6 is 0 Å². The highest BCUT2D eigenvalue weighted by molar-refractivity contribution is 5.43. The minimum Gasteiger partial charge on any atom is -0.496 e. The van der Waals surface area contributed by atoms with Crippen LogP contribution in [0, 0.1) is 0 Å². The molecular formula is C13H17FO2. The van der Waals surface area contributed by atoms with Gasteiger partial charge in [0.05, 0.1) is 12.7 Å². The Labute approximate surface area is 95.1 Å². The largest absolute Gasteiger partial charge is 0.496 e. The van der Waals surface area contributed by atoms with Gasteiger partial charge in [0, 0.05) is 12.0 Å². The van der Waals surface area contributed by atoms with E-state index in [1.807, 2.05) is 6.07 Å². The molecule has 2 rings (SSSR count). The summed E-state index contributed by atoms with van der Waals surface area (Å²) in [6, 6.07) is 5.35. The summed E-state index contributed by atoms with van der Waals surface area (Å²) in [7, 11) is 1.57. The lowest BCUT2D eigenvalue weighted by atomic mass is 9.97. The molecule has 1 atom stereocenters. The zero-order chi connectivity index (χ0) is 11.8. The maximum absolute atomic E-state index is 13.5. The Kier molecular flexibility index (Phi) is 2.89. The van der Waals surface area contributed by atoms with Gasteiger partial charge in [-0.3, -0.25) is 0 Å². The van der Waals surface area contributed by atoms with Gasteiger partial charge >= 0.3 is 0 Å². The van der Waals surface area contributed by atoms with Gasteiger partial charge in [-0.05, 0) is 31.4 Å². The zero-order valence-electron chi connectivity index (χ0n) is 9.66. The highest BCUT2D eigenvalue weighted by Crippen LogP contribution is 2.42. The molecule has 0 radical (unpaired) electrons. The van der Waals surface area contributed by atoms with E-state index in [9.17, 15) is 9.50 Å². The van der Waals surface area contributed by atoms with E-state index in [1.165, 1.54) is 6.92 Å². The van der Waals surface area contributed by atoms with E-state index in [1.54, 1.807) is 19.2 Å². The third-order valence-corrected chi connectivity index (χ3v) is 3.15. The fourth-order valence-electron chi connectivity index (χ4n) is 1.99. The molecule has 0 aliphatic heterocycles. The lowest BCUT2D eigenvalue weighted by molar-refractivity contribution is 0.149.